The lowest BCUT2D eigenvalue weighted by Gasteiger charge is -2.31. The van der Waals surface area contributed by atoms with Crippen LogP contribution in [0.3, 0.4) is 0 Å². The summed E-state index contributed by atoms with van der Waals surface area (Å²) in [5.74, 6) is 1.07. The summed E-state index contributed by atoms with van der Waals surface area (Å²) in [6.45, 7) is 2.15. The van der Waals surface area contributed by atoms with Crippen molar-refractivity contribution in [3.8, 4) is 11.5 Å². The summed E-state index contributed by atoms with van der Waals surface area (Å²) < 4.78 is 6.52. The average Bonchev–Trinajstić information content (AvgIpc) is 2.80. The first-order valence-corrected chi connectivity index (χ1v) is 10.9. The van der Waals surface area contributed by atoms with Gasteiger partial charge in [0.25, 0.3) is 0 Å². The molecule has 5 heteroatoms. The molecule has 30 heavy (non-hydrogen) atoms. The summed E-state index contributed by atoms with van der Waals surface area (Å²) in [5, 5.41) is 14.1. The van der Waals surface area contributed by atoms with Gasteiger partial charge in [-0.2, -0.15) is 0 Å². The van der Waals surface area contributed by atoms with Crippen molar-refractivity contribution in [2.45, 2.75) is 32.0 Å². The van der Waals surface area contributed by atoms with E-state index in [9.17, 15) is 5.11 Å². The van der Waals surface area contributed by atoms with Crippen molar-refractivity contribution >= 4 is 21.6 Å². The molecule has 3 aromatic rings. The van der Waals surface area contributed by atoms with E-state index >= 15 is 0 Å². The number of aromatic hydroxyl groups is 1. The highest BCUT2D eigenvalue weighted by Crippen LogP contribution is 2.37. The van der Waals surface area contributed by atoms with Gasteiger partial charge in [-0.3, -0.25) is 10.3 Å². The molecular formula is C25H25BrN2O2. The van der Waals surface area contributed by atoms with Crippen LogP contribution in [0.15, 0.2) is 76.2 Å². The zero-order valence-electron chi connectivity index (χ0n) is 17.1. The Hall–Kier alpha value is -2.63. The number of hydrogen-bond donors (Lipinski definition) is 2. The quantitative estimate of drug-likeness (QED) is 0.490. The number of aryl methyl sites for hydroxylation is 1. The number of nitrogens with zero attached hydrogens (tertiary/aromatic N) is 1. The fourth-order valence-corrected chi connectivity index (χ4v) is 4.25. The second-order valence-electron chi connectivity index (χ2n) is 7.40. The monoisotopic (exact) mass is 464 g/mol. The third-order valence-electron chi connectivity index (χ3n) is 5.54. The van der Waals surface area contributed by atoms with Gasteiger partial charge in [0.15, 0.2) is 0 Å². The maximum absolute atomic E-state index is 10.5. The molecule has 0 radical (unpaired) electrons. The Kier molecular flexibility index (Phi) is 6.21. The average molecular weight is 465 g/mol. The van der Waals surface area contributed by atoms with Crippen molar-refractivity contribution in [2.24, 2.45) is 4.99 Å². The zero-order chi connectivity index (χ0) is 21.1. The molecule has 0 unspecified atom stereocenters. The number of rotatable bonds is 5. The summed E-state index contributed by atoms with van der Waals surface area (Å²) in [4.78, 5) is 5.05. The Labute approximate surface area is 185 Å². The molecule has 0 spiro atoms. The fraction of sp³-hybridized carbons (Fsp3) is 0.240. The predicted molar refractivity (Wildman–Crippen MR) is 124 cm³/mol. The van der Waals surface area contributed by atoms with Gasteiger partial charge in [0, 0.05) is 33.8 Å². The van der Waals surface area contributed by atoms with Crippen LogP contribution in [0, 0.1) is 0 Å². The van der Waals surface area contributed by atoms with Crippen molar-refractivity contribution in [3.63, 3.8) is 0 Å². The minimum absolute atomic E-state index is 0.0873. The second-order valence-corrected chi connectivity index (χ2v) is 8.31. The molecule has 0 saturated carbocycles. The molecule has 4 rings (SSSR count). The number of benzene rings is 3. The summed E-state index contributed by atoms with van der Waals surface area (Å²) in [6, 6.07) is 22.0. The molecule has 0 amide bonds. The van der Waals surface area contributed by atoms with Crippen LogP contribution in [0.5, 0.6) is 11.5 Å². The van der Waals surface area contributed by atoms with Gasteiger partial charge in [-0.05, 0) is 41.8 Å². The van der Waals surface area contributed by atoms with Crippen molar-refractivity contribution in [2.75, 3.05) is 7.11 Å². The van der Waals surface area contributed by atoms with Crippen LogP contribution in [0.1, 0.15) is 47.8 Å². The second kappa shape index (κ2) is 9.02. The van der Waals surface area contributed by atoms with Gasteiger partial charge in [0.05, 0.1) is 7.11 Å². The lowest BCUT2D eigenvalue weighted by atomic mass is 9.93. The molecule has 2 atom stereocenters. The topological polar surface area (TPSA) is 53.8 Å². The van der Waals surface area contributed by atoms with Gasteiger partial charge in [-0.25, -0.2) is 0 Å². The van der Waals surface area contributed by atoms with Crippen LogP contribution < -0.4 is 10.1 Å². The van der Waals surface area contributed by atoms with E-state index in [1.165, 1.54) is 5.56 Å². The molecule has 154 valence electrons. The third-order valence-corrected chi connectivity index (χ3v) is 6.03. The lowest BCUT2D eigenvalue weighted by Crippen LogP contribution is -2.33. The van der Waals surface area contributed by atoms with E-state index in [1.807, 2.05) is 36.4 Å². The molecule has 0 saturated heterocycles. The third kappa shape index (κ3) is 4.27. The van der Waals surface area contributed by atoms with Crippen molar-refractivity contribution in [3.05, 3.63) is 93.5 Å². The summed E-state index contributed by atoms with van der Waals surface area (Å²) in [6.07, 6.45) is 1.41. The standard InChI is InChI=1S/C25H25BrN2O2/c1-3-16-8-10-17(11-9-16)21-15-22(20-14-18(26)12-13-23(20)29)28-25(27-21)19-6-4-5-7-24(19)30-2/h4-14,22,25,28-29H,3,15H2,1-2H3/t22-,25+/m0/s1. The van der Waals surface area contributed by atoms with Crippen LogP contribution in [0.2, 0.25) is 0 Å². The van der Waals surface area contributed by atoms with Gasteiger partial charge in [0.2, 0.25) is 0 Å². The molecule has 4 nitrogen and oxygen atoms in total. The lowest BCUT2D eigenvalue weighted by molar-refractivity contribution is 0.381. The summed E-state index contributed by atoms with van der Waals surface area (Å²) in [5.41, 5.74) is 5.24. The summed E-state index contributed by atoms with van der Waals surface area (Å²) in [7, 11) is 1.67. The van der Waals surface area contributed by atoms with E-state index in [4.69, 9.17) is 9.73 Å². The minimum atomic E-state index is -0.279. The normalized spacial score (nSPS) is 18.7. The highest BCUT2D eigenvalue weighted by molar-refractivity contribution is 9.10. The van der Waals surface area contributed by atoms with Crippen LogP contribution in [-0.4, -0.2) is 17.9 Å². The van der Waals surface area contributed by atoms with Gasteiger partial charge in [-0.15, -0.1) is 0 Å². The number of para-hydroxylation sites is 1. The number of methoxy groups -OCH3 is 1. The Bertz CT molecular complexity index is 1060. The molecule has 3 aromatic carbocycles. The number of phenolic OH excluding ortho intramolecular Hbond substituents is 1. The Morgan fingerprint density at radius 2 is 1.83 bits per heavy atom. The Morgan fingerprint density at radius 1 is 1.07 bits per heavy atom. The van der Waals surface area contributed by atoms with Crippen molar-refractivity contribution < 1.29 is 9.84 Å². The Morgan fingerprint density at radius 3 is 2.57 bits per heavy atom. The van der Waals surface area contributed by atoms with E-state index in [-0.39, 0.29) is 18.0 Å². The van der Waals surface area contributed by atoms with Crippen LogP contribution >= 0.6 is 15.9 Å². The Balaban J connectivity index is 1.78. The number of halogens is 1. The van der Waals surface area contributed by atoms with Gasteiger partial charge >= 0.3 is 0 Å². The van der Waals surface area contributed by atoms with E-state index in [0.29, 0.717) is 6.42 Å². The number of phenols is 1. The van der Waals surface area contributed by atoms with Gasteiger partial charge < -0.3 is 9.84 Å². The molecule has 1 aliphatic rings. The maximum atomic E-state index is 10.5. The largest absolute Gasteiger partial charge is 0.508 e. The van der Waals surface area contributed by atoms with E-state index in [2.05, 4.69) is 52.4 Å². The van der Waals surface area contributed by atoms with Gasteiger partial charge in [0.1, 0.15) is 17.7 Å². The first-order chi connectivity index (χ1) is 14.6. The fourth-order valence-electron chi connectivity index (χ4n) is 3.87. The number of ether oxygens (including phenoxy) is 1. The minimum Gasteiger partial charge on any atom is -0.508 e. The number of nitrogens with one attached hydrogen (secondary N) is 1. The molecule has 0 bridgehead atoms. The number of aliphatic imine (C=N–C) groups is 1. The highest BCUT2D eigenvalue weighted by atomic mass is 79.9. The SMILES string of the molecule is CCc1ccc(C2=N[C@@H](c3ccccc3OC)N[C@H](c3cc(Br)ccc3O)C2)cc1. The predicted octanol–water partition coefficient (Wildman–Crippen LogP) is 5.95. The number of hydrogen-bond acceptors (Lipinski definition) is 4. The van der Waals surface area contributed by atoms with E-state index in [0.717, 1.165) is 39.0 Å². The first kappa shape index (κ1) is 20.6. The van der Waals surface area contributed by atoms with Crippen LogP contribution in [0.4, 0.5) is 0 Å². The van der Waals surface area contributed by atoms with Crippen molar-refractivity contribution in [1.29, 1.82) is 0 Å². The first-order valence-electron chi connectivity index (χ1n) is 10.1. The highest BCUT2D eigenvalue weighted by Gasteiger charge is 2.29. The molecule has 1 heterocycles. The van der Waals surface area contributed by atoms with Crippen LogP contribution in [-0.2, 0) is 6.42 Å². The smallest absolute Gasteiger partial charge is 0.129 e. The van der Waals surface area contributed by atoms with Crippen LogP contribution in [0.25, 0.3) is 0 Å². The molecular weight excluding hydrogens is 440 g/mol. The summed E-state index contributed by atoms with van der Waals surface area (Å²) >= 11 is 3.53. The van der Waals surface area contributed by atoms with E-state index < -0.39 is 0 Å². The van der Waals surface area contributed by atoms with E-state index in [1.54, 1.807) is 13.2 Å². The zero-order valence-corrected chi connectivity index (χ0v) is 18.7. The van der Waals surface area contributed by atoms with Gasteiger partial charge in [-0.1, -0.05) is 65.3 Å². The molecule has 0 aromatic heterocycles. The molecule has 0 fully saturated rings. The molecule has 0 aliphatic carbocycles. The maximum Gasteiger partial charge on any atom is 0.129 e. The molecule has 2 N–H and O–H groups in total. The van der Waals surface area contributed by atoms with Crippen molar-refractivity contribution in [1.82, 2.24) is 5.32 Å². The molecule has 1 aliphatic heterocycles.